The number of hydrogen-bond acceptors (Lipinski definition) is 6. The van der Waals surface area contributed by atoms with Gasteiger partial charge in [0.15, 0.2) is 5.65 Å². The Morgan fingerprint density at radius 1 is 1.03 bits per heavy atom. The van der Waals surface area contributed by atoms with Crippen LogP contribution in [0.3, 0.4) is 0 Å². The number of nitrogens with zero attached hydrogens (tertiary/aromatic N) is 5. The van der Waals surface area contributed by atoms with Crippen LogP contribution in [0.1, 0.15) is 38.5 Å². The molecular formula is C23H30N6S. The minimum atomic E-state index is 0.624. The van der Waals surface area contributed by atoms with Crippen LogP contribution < -0.4 is 5.32 Å². The van der Waals surface area contributed by atoms with Crippen LogP contribution in [0, 0.1) is 5.92 Å². The first kappa shape index (κ1) is 19.8. The van der Waals surface area contributed by atoms with Crippen LogP contribution in [0.15, 0.2) is 41.6 Å². The number of aromatic nitrogens is 4. The minimum Gasteiger partial charge on any atom is -0.324 e. The molecule has 6 nitrogen and oxygen atoms in total. The molecule has 0 atom stereocenters. The summed E-state index contributed by atoms with van der Waals surface area (Å²) in [6.07, 6.45) is 13.9. The smallest absolute Gasteiger partial charge is 0.229 e. The lowest BCUT2D eigenvalue weighted by molar-refractivity contribution is 0.156. The van der Waals surface area contributed by atoms with E-state index in [1.165, 1.54) is 56.5 Å². The zero-order valence-corrected chi connectivity index (χ0v) is 18.4. The fraction of sp³-hybridized carbons (Fsp3) is 0.522. The first-order chi connectivity index (χ1) is 14.8. The fourth-order valence-corrected chi connectivity index (χ4v) is 5.32. The standard InChI is InChI=1S/C23H30N6S/c1-30-21-10-6-19(7-11-21)26-23-24-14-18-15-25-29(22(18)27-23)16-17-4-8-20(9-5-17)28-12-2-3-13-28/h6-7,10-11,14-15,17,20H,2-5,8-9,12-13,16H2,1H3,(H,24,26,27). The molecule has 1 aliphatic carbocycles. The molecule has 0 amide bonds. The highest BCUT2D eigenvalue weighted by Crippen LogP contribution is 2.31. The van der Waals surface area contributed by atoms with Gasteiger partial charge in [0.1, 0.15) is 0 Å². The Labute approximate surface area is 182 Å². The third kappa shape index (κ3) is 4.32. The predicted octanol–water partition coefficient (Wildman–Crippen LogP) is 4.95. The van der Waals surface area contributed by atoms with Crippen molar-refractivity contribution in [2.24, 2.45) is 5.92 Å². The van der Waals surface area contributed by atoms with Gasteiger partial charge in [-0.2, -0.15) is 10.1 Å². The van der Waals surface area contributed by atoms with Gasteiger partial charge in [0.2, 0.25) is 5.95 Å². The molecule has 7 heteroatoms. The van der Waals surface area contributed by atoms with Crippen molar-refractivity contribution in [2.45, 2.75) is 56.0 Å². The molecule has 3 aromatic rings. The second kappa shape index (κ2) is 8.94. The molecule has 1 saturated carbocycles. The monoisotopic (exact) mass is 422 g/mol. The molecule has 0 radical (unpaired) electrons. The summed E-state index contributed by atoms with van der Waals surface area (Å²) in [4.78, 5) is 13.2. The van der Waals surface area contributed by atoms with Crippen LogP contribution in [0.2, 0.25) is 0 Å². The van der Waals surface area contributed by atoms with Crippen LogP contribution in [0.25, 0.3) is 11.0 Å². The highest BCUT2D eigenvalue weighted by Gasteiger charge is 2.28. The molecule has 2 fully saturated rings. The van der Waals surface area contributed by atoms with Gasteiger partial charge in [-0.1, -0.05) is 0 Å². The summed E-state index contributed by atoms with van der Waals surface area (Å²) in [5.74, 6) is 1.32. The Kier molecular flexibility index (Phi) is 5.91. The topological polar surface area (TPSA) is 58.9 Å². The van der Waals surface area contributed by atoms with Gasteiger partial charge < -0.3 is 10.2 Å². The third-order valence-corrected chi connectivity index (χ3v) is 7.37. The number of hydrogen-bond donors (Lipinski definition) is 1. The van der Waals surface area contributed by atoms with Crippen molar-refractivity contribution < 1.29 is 0 Å². The maximum atomic E-state index is 4.78. The Morgan fingerprint density at radius 2 is 1.80 bits per heavy atom. The van der Waals surface area contributed by atoms with Crippen molar-refractivity contribution in [3.05, 3.63) is 36.7 Å². The third-order valence-electron chi connectivity index (χ3n) is 6.63. The van der Waals surface area contributed by atoms with Crippen molar-refractivity contribution in [3.63, 3.8) is 0 Å². The van der Waals surface area contributed by atoms with E-state index in [1.807, 2.05) is 12.4 Å². The molecule has 0 bridgehead atoms. The zero-order valence-electron chi connectivity index (χ0n) is 17.6. The van der Waals surface area contributed by atoms with Crippen molar-refractivity contribution in [1.82, 2.24) is 24.6 Å². The molecule has 30 heavy (non-hydrogen) atoms. The molecular weight excluding hydrogens is 392 g/mol. The lowest BCUT2D eigenvalue weighted by Gasteiger charge is -2.34. The fourth-order valence-electron chi connectivity index (χ4n) is 4.91. The van der Waals surface area contributed by atoms with E-state index in [9.17, 15) is 0 Å². The SMILES string of the molecule is CSc1ccc(Nc2ncc3cnn(CC4CCC(N5CCCC5)CC4)c3n2)cc1. The van der Waals surface area contributed by atoms with Gasteiger partial charge >= 0.3 is 0 Å². The van der Waals surface area contributed by atoms with Crippen LogP contribution in [0.4, 0.5) is 11.6 Å². The van der Waals surface area contributed by atoms with E-state index in [4.69, 9.17) is 4.98 Å². The molecule has 1 aromatic carbocycles. The number of nitrogens with one attached hydrogen (secondary N) is 1. The second-order valence-electron chi connectivity index (χ2n) is 8.57. The first-order valence-corrected chi connectivity index (χ1v) is 12.3. The van der Waals surface area contributed by atoms with Gasteiger partial charge in [0.05, 0.1) is 11.6 Å². The second-order valence-corrected chi connectivity index (χ2v) is 9.45. The molecule has 3 heterocycles. The maximum Gasteiger partial charge on any atom is 0.229 e. The van der Waals surface area contributed by atoms with E-state index in [1.54, 1.807) is 11.8 Å². The van der Waals surface area contributed by atoms with Gasteiger partial charge in [0.25, 0.3) is 0 Å². The van der Waals surface area contributed by atoms with E-state index in [2.05, 4.69) is 55.5 Å². The predicted molar refractivity (Wildman–Crippen MR) is 123 cm³/mol. The molecule has 1 saturated heterocycles. The average Bonchev–Trinajstić information content (AvgIpc) is 3.46. The lowest BCUT2D eigenvalue weighted by atomic mass is 9.85. The van der Waals surface area contributed by atoms with Crippen LogP contribution in [-0.4, -0.2) is 50.0 Å². The number of fused-ring (bicyclic) bond motifs is 1. The Morgan fingerprint density at radius 3 is 2.53 bits per heavy atom. The van der Waals surface area contributed by atoms with Gasteiger partial charge in [-0.15, -0.1) is 11.8 Å². The molecule has 2 aliphatic rings. The van der Waals surface area contributed by atoms with Crippen molar-refractivity contribution >= 4 is 34.4 Å². The highest BCUT2D eigenvalue weighted by molar-refractivity contribution is 7.98. The Balaban J connectivity index is 1.25. The van der Waals surface area contributed by atoms with Crippen LogP contribution in [-0.2, 0) is 6.54 Å². The molecule has 0 spiro atoms. The van der Waals surface area contributed by atoms with E-state index in [0.717, 1.165) is 29.3 Å². The average molecular weight is 423 g/mol. The number of benzene rings is 1. The molecule has 1 N–H and O–H groups in total. The van der Waals surface area contributed by atoms with Crippen LogP contribution in [0.5, 0.6) is 0 Å². The summed E-state index contributed by atoms with van der Waals surface area (Å²) < 4.78 is 2.08. The molecule has 0 unspecified atom stereocenters. The summed E-state index contributed by atoms with van der Waals surface area (Å²) in [7, 11) is 0. The number of likely N-dealkylation sites (tertiary alicyclic amines) is 1. The largest absolute Gasteiger partial charge is 0.324 e. The van der Waals surface area contributed by atoms with Gasteiger partial charge in [-0.3, -0.25) is 0 Å². The van der Waals surface area contributed by atoms with E-state index < -0.39 is 0 Å². The number of thioether (sulfide) groups is 1. The maximum absolute atomic E-state index is 4.78. The van der Waals surface area contributed by atoms with Gasteiger partial charge in [0, 0.05) is 29.4 Å². The first-order valence-electron chi connectivity index (χ1n) is 11.1. The molecule has 158 valence electrons. The minimum absolute atomic E-state index is 0.624. The zero-order chi connectivity index (χ0) is 20.3. The molecule has 5 rings (SSSR count). The van der Waals surface area contributed by atoms with E-state index in [0.29, 0.717) is 11.9 Å². The van der Waals surface area contributed by atoms with Gasteiger partial charge in [-0.25, -0.2) is 9.67 Å². The van der Waals surface area contributed by atoms with Crippen LogP contribution >= 0.6 is 11.8 Å². The van der Waals surface area contributed by atoms with Crippen molar-refractivity contribution in [1.29, 1.82) is 0 Å². The quantitative estimate of drug-likeness (QED) is 0.568. The lowest BCUT2D eigenvalue weighted by Crippen LogP contribution is -2.36. The summed E-state index contributed by atoms with van der Waals surface area (Å²) in [5, 5.41) is 8.96. The Hall–Kier alpha value is -2.12. The highest BCUT2D eigenvalue weighted by atomic mass is 32.2. The number of rotatable bonds is 6. The van der Waals surface area contributed by atoms with Crippen molar-refractivity contribution in [2.75, 3.05) is 24.7 Å². The van der Waals surface area contributed by atoms with E-state index >= 15 is 0 Å². The summed E-state index contributed by atoms with van der Waals surface area (Å²) in [6, 6.07) is 9.15. The number of anilines is 2. The summed E-state index contributed by atoms with van der Waals surface area (Å²) in [5.41, 5.74) is 1.92. The Bertz CT molecular complexity index is 971. The van der Waals surface area contributed by atoms with Crippen molar-refractivity contribution in [3.8, 4) is 0 Å². The molecule has 1 aliphatic heterocycles. The summed E-state index contributed by atoms with van der Waals surface area (Å²) >= 11 is 1.74. The summed E-state index contributed by atoms with van der Waals surface area (Å²) in [6.45, 7) is 3.58. The molecule has 2 aromatic heterocycles. The van der Waals surface area contributed by atoms with E-state index in [-0.39, 0.29) is 0 Å². The van der Waals surface area contributed by atoms with Gasteiger partial charge in [-0.05, 0) is 88.1 Å². The normalized spacial score (nSPS) is 22.6.